The number of amidine groups is 1. The molecule has 1 heterocycles. The molecule has 0 aliphatic carbocycles. The second-order valence-electron chi connectivity index (χ2n) is 4.83. The summed E-state index contributed by atoms with van der Waals surface area (Å²) in [5, 5.41) is 11.4. The van der Waals surface area contributed by atoms with Crippen LogP contribution in [0.5, 0.6) is 0 Å². The molecule has 1 rings (SSSR count). The molecule has 0 aromatic carbocycles. The lowest BCUT2D eigenvalue weighted by atomic mass is 10.3. The van der Waals surface area contributed by atoms with Gasteiger partial charge in [0.15, 0.2) is 0 Å². The molecule has 0 radical (unpaired) electrons. The first-order valence-electron chi connectivity index (χ1n) is 6.17. The molecule has 0 spiro atoms. The average Bonchev–Trinajstić information content (AvgIpc) is 2.34. The van der Waals surface area contributed by atoms with Gasteiger partial charge >= 0.3 is 0 Å². The van der Waals surface area contributed by atoms with Crippen molar-refractivity contribution in [2.24, 2.45) is 10.9 Å². The van der Waals surface area contributed by atoms with Gasteiger partial charge in [-0.25, -0.2) is 0 Å². The van der Waals surface area contributed by atoms with Gasteiger partial charge in [-0.1, -0.05) is 5.16 Å². The van der Waals surface area contributed by atoms with Crippen molar-refractivity contribution in [1.82, 2.24) is 14.7 Å². The Kier molecular flexibility index (Phi) is 6.25. The quantitative estimate of drug-likeness (QED) is 0.279. The molecule has 0 aromatic heterocycles. The van der Waals surface area contributed by atoms with Crippen molar-refractivity contribution in [3.05, 3.63) is 0 Å². The third-order valence-electron chi connectivity index (χ3n) is 3.14. The Morgan fingerprint density at radius 3 is 2.18 bits per heavy atom. The van der Waals surface area contributed by atoms with Crippen LogP contribution in [0.3, 0.4) is 0 Å². The minimum absolute atomic E-state index is 0.319. The molecule has 0 unspecified atom stereocenters. The van der Waals surface area contributed by atoms with Gasteiger partial charge in [-0.15, -0.1) is 0 Å². The molecule has 1 aliphatic rings. The van der Waals surface area contributed by atoms with E-state index in [2.05, 4.69) is 34.0 Å². The summed E-state index contributed by atoms with van der Waals surface area (Å²) in [5.41, 5.74) is 5.46. The Hall–Kier alpha value is -0.850. The van der Waals surface area contributed by atoms with Gasteiger partial charge in [-0.3, -0.25) is 4.90 Å². The third kappa shape index (κ3) is 5.86. The van der Waals surface area contributed by atoms with E-state index in [4.69, 9.17) is 10.9 Å². The van der Waals surface area contributed by atoms with E-state index >= 15 is 0 Å². The Bertz CT molecular complexity index is 236. The molecule has 1 saturated heterocycles. The summed E-state index contributed by atoms with van der Waals surface area (Å²) >= 11 is 0. The lowest BCUT2D eigenvalue weighted by Gasteiger charge is -2.35. The van der Waals surface area contributed by atoms with Crippen molar-refractivity contribution < 1.29 is 5.21 Å². The van der Waals surface area contributed by atoms with Crippen LogP contribution in [0.1, 0.15) is 6.42 Å². The average molecular weight is 243 g/mol. The second kappa shape index (κ2) is 7.47. The summed E-state index contributed by atoms with van der Waals surface area (Å²) in [6.07, 6.45) is 0.647. The highest BCUT2D eigenvalue weighted by Crippen LogP contribution is 2.02. The van der Waals surface area contributed by atoms with E-state index in [0.717, 1.165) is 45.8 Å². The normalized spacial score (nSPS) is 20.1. The van der Waals surface area contributed by atoms with E-state index in [1.807, 2.05) is 0 Å². The van der Waals surface area contributed by atoms with Crippen molar-refractivity contribution in [1.29, 1.82) is 0 Å². The fourth-order valence-corrected chi connectivity index (χ4v) is 1.90. The van der Waals surface area contributed by atoms with E-state index in [0.29, 0.717) is 12.3 Å². The zero-order valence-electron chi connectivity index (χ0n) is 11.0. The van der Waals surface area contributed by atoms with Gasteiger partial charge < -0.3 is 20.7 Å². The fraction of sp³-hybridized carbons (Fsp3) is 0.909. The highest BCUT2D eigenvalue weighted by molar-refractivity contribution is 5.79. The Labute approximate surface area is 104 Å². The number of hydrogen-bond donors (Lipinski definition) is 2. The Morgan fingerprint density at radius 1 is 1.18 bits per heavy atom. The van der Waals surface area contributed by atoms with E-state index in [9.17, 15) is 0 Å². The SMILES string of the molecule is CN(C)CCN1CCN(CCC(N)=NO)CC1. The molecule has 1 aliphatic heterocycles. The third-order valence-corrected chi connectivity index (χ3v) is 3.14. The minimum atomic E-state index is 0.319. The Balaban J connectivity index is 2.13. The largest absolute Gasteiger partial charge is 0.409 e. The first-order valence-corrected chi connectivity index (χ1v) is 6.17. The maximum absolute atomic E-state index is 8.46. The van der Waals surface area contributed by atoms with Crippen LogP contribution in [0.15, 0.2) is 5.16 Å². The van der Waals surface area contributed by atoms with Gasteiger partial charge in [0.05, 0.1) is 0 Å². The van der Waals surface area contributed by atoms with Gasteiger partial charge in [-0.2, -0.15) is 0 Å². The molecule has 1 fully saturated rings. The van der Waals surface area contributed by atoms with E-state index < -0.39 is 0 Å². The van der Waals surface area contributed by atoms with Crippen molar-refractivity contribution in [2.75, 3.05) is 59.9 Å². The molecule has 0 saturated carbocycles. The van der Waals surface area contributed by atoms with Crippen LogP contribution in [0.25, 0.3) is 0 Å². The van der Waals surface area contributed by atoms with Crippen molar-refractivity contribution in [3.8, 4) is 0 Å². The number of piperazine rings is 1. The number of nitrogens with two attached hydrogens (primary N) is 1. The zero-order chi connectivity index (χ0) is 12.7. The van der Waals surface area contributed by atoms with Crippen LogP contribution in [-0.2, 0) is 0 Å². The summed E-state index contributed by atoms with van der Waals surface area (Å²) in [7, 11) is 4.21. The molecule has 0 bridgehead atoms. The number of oxime groups is 1. The van der Waals surface area contributed by atoms with Crippen LogP contribution in [0.4, 0.5) is 0 Å². The van der Waals surface area contributed by atoms with Gasteiger partial charge in [0.25, 0.3) is 0 Å². The molecule has 6 nitrogen and oxygen atoms in total. The molecule has 0 atom stereocenters. The lowest BCUT2D eigenvalue weighted by Crippen LogP contribution is -2.48. The molecule has 0 amide bonds. The number of likely N-dealkylation sites (N-methyl/N-ethyl adjacent to an activating group) is 1. The molecule has 17 heavy (non-hydrogen) atoms. The number of nitrogens with zero attached hydrogens (tertiary/aromatic N) is 4. The van der Waals surface area contributed by atoms with Crippen molar-refractivity contribution >= 4 is 5.84 Å². The monoisotopic (exact) mass is 243 g/mol. The Morgan fingerprint density at radius 2 is 1.71 bits per heavy atom. The lowest BCUT2D eigenvalue weighted by molar-refractivity contribution is 0.127. The zero-order valence-corrected chi connectivity index (χ0v) is 11.0. The van der Waals surface area contributed by atoms with E-state index in [1.54, 1.807) is 0 Å². The van der Waals surface area contributed by atoms with Crippen molar-refractivity contribution in [2.45, 2.75) is 6.42 Å². The summed E-state index contributed by atoms with van der Waals surface area (Å²) in [6.45, 7) is 7.52. The summed E-state index contributed by atoms with van der Waals surface area (Å²) < 4.78 is 0. The molecule has 100 valence electrons. The molecule has 6 heteroatoms. The van der Waals surface area contributed by atoms with Gasteiger partial charge in [-0.05, 0) is 14.1 Å². The first kappa shape index (κ1) is 14.2. The van der Waals surface area contributed by atoms with Gasteiger partial charge in [0, 0.05) is 52.2 Å². The second-order valence-corrected chi connectivity index (χ2v) is 4.83. The molecule has 3 N–H and O–H groups in total. The van der Waals surface area contributed by atoms with Crippen LogP contribution >= 0.6 is 0 Å². The number of rotatable bonds is 6. The maximum atomic E-state index is 8.46. The van der Waals surface area contributed by atoms with E-state index in [1.165, 1.54) is 0 Å². The molecular formula is C11H25N5O. The predicted molar refractivity (Wildman–Crippen MR) is 69.5 cm³/mol. The maximum Gasteiger partial charge on any atom is 0.140 e. The van der Waals surface area contributed by atoms with Crippen LogP contribution < -0.4 is 5.73 Å². The molecule has 0 aromatic rings. The summed E-state index contributed by atoms with van der Waals surface area (Å²) in [4.78, 5) is 7.06. The van der Waals surface area contributed by atoms with Crippen LogP contribution in [-0.4, -0.2) is 85.7 Å². The van der Waals surface area contributed by atoms with Gasteiger partial charge in [0.2, 0.25) is 0 Å². The minimum Gasteiger partial charge on any atom is -0.409 e. The summed E-state index contributed by atoms with van der Waals surface area (Å²) in [5.74, 6) is 0.319. The van der Waals surface area contributed by atoms with E-state index in [-0.39, 0.29) is 0 Å². The van der Waals surface area contributed by atoms with Crippen LogP contribution in [0, 0.1) is 0 Å². The van der Waals surface area contributed by atoms with Gasteiger partial charge in [0.1, 0.15) is 5.84 Å². The number of hydrogen-bond acceptors (Lipinski definition) is 5. The highest BCUT2D eigenvalue weighted by Gasteiger charge is 2.16. The molecular weight excluding hydrogens is 218 g/mol. The summed E-state index contributed by atoms with van der Waals surface area (Å²) in [6, 6.07) is 0. The fourth-order valence-electron chi connectivity index (χ4n) is 1.90. The first-order chi connectivity index (χ1) is 8.11. The standard InChI is InChI=1S/C11H25N5O/c1-14(2)5-6-16-9-7-15(8-10-16)4-3-11(12)13-17/h17H,3-10H2,1-2H3,(H2,12,13). The van der Waals surface area contributed by atoms with Crippen molar-refractivity contribution in [3.63, 3.8) is 0 Å². The van der Waals surface area contributed by atoms with Crippen LogP contribution in [0.2, 0.25) is 0 Å². The topological polar surface area (TPSA) is 68.3 Å². The smallest absolute Gasteiger partial charge is 0.140 e. The predicted octanol–water partition coefficient (Wildman–Crippen LogP) is -0.698. The highest BCUT2D eigenvalue weighted by atomic mass is 16.4.